The molecule has 16 heteroatoms. The predicted octanol–water partition coefficient (Wildman–Crippen LogP) is 5.00. The average Bonchev–Trinajstić information content (AvgIpc) is 3.51. The molecule has 14 nitrogen and oxygen atoms in total. The first-order valence-electron chi connectivity index (χ1n) is 13.6. The number of amides is 2. The lowest BCUT2D eigenvalue weighted by atomic mass is 10.1. The van der Waals surface area contributed by atoms with E-state index in [4.69, 9.17) is 9.05 Å². The van der Waals surface area contributed by atoms with Crippen molar-refractivity contribution >= 4 is 55.0 Å². The first-order chi connectivity index (χ1) is 21.7. The molecule has 0 aliphatic rings. The van der Waals surface area contributed by atoms with E-state index in [-0.39, 0.29) is 44.1 Å². The van der Waals surface area contributed by atoms with Gasteiger partial charge in [0.25, 0.3) is 31.9 Å². The largest absolute Gasteiger partial charge is 0.337 e. The molecule has 238 valence electrons. The Bertz CT molecular complexity index is 2000. The van der Waals surface area contributed by atoms with Gasteiger partial charge in [-0.2, -0.15) is 0 Å². The van der Waals surface area contributed by atoms with Gasteiger partial charge in [0.2, 0.25) is 11.8 Å². The van der Waals surface area contributed by atoms with Gasteiger partial charge in [-0.25, -0.2) is 26.3 Å². The first-order valence-corrected chi connectivity index (χ1v) is 16.5. The molecule has 0 bridgehead atoms. The van der Waals surface area contributed by atoms with Gasteiger partial charge >= 0.3 is 0 Å². The predicted molar refractivity (Wildman–Crippen MR) is 169 cm³/mol. The number of nitrogens with zero attached hydrogens (tertiary/aromatic N) is 2. The van der Waals surface area contributed by atoms with Crippen LogP contribution >= 0.6 is 0 Å². The summed E-state index contributed by atoms with van der Waals surface area (Å²) >= 11 is 0. The third-order valence-electron chi connectivity index (χ3n) is 7.03. The fraction of sp³-hybridized carbons (Fsp3) is 0.133. The molecule has 3 aromatic carbocycles. The number of sulfonamides is 2. The summed E-state index contributed by atoms with van der Waals surface area (Å²) in [6.45, 7) is 6.71. The van der Waals surface area contributed by atoms with Crippen LogP contribution < -0.4 is 20.1 Å². The number of hydrogen-bond donors (Lipinski definition) is 4. The van der Waals surface area contributed by atoms with Gasteiger partial charge in [0, 0.05) is 22.5 Å². The van der Waals surface area contributed by atoms with E-state index in [1.54, 1.807) is 39.8 Å². The molecule has 5 rings (SSSR count). The summed E-state index contributed by atoms with van der Waals surface area (Å²) in [5.41, 5.74) is 2.89. The fourth-order valence-corrected chi connectivity index (χ4v) is 6.19. The molecule has 0 fully saturated rings. The zero-order valence-electron chi connectivity index (χ0n) is 24.9. The van der Waals surface area contributed by atoms with Gasteiger partial charge in [0.15, 0.2) is 0 Å². The topological polar surface area (TPSA) is 203 Å². The maximum Gasteiger partial charge on any atom is 0.264 e. The number of carbonyl (C=O) groups is 2. The molecular formula is C30H28N6O8S2. The Morgan fingerprint density at radius 1 is 0.565 bits per heavy atom. The van der Waals surface area contributed by atoms with Crippen LogP contribution in [-0.4, -0.2) is 39.0 Å². The summed E-state index contributed by atoms with van der Waals surface area (Å²) in [6.07, 6.45) is 0. The van der Waals surface area contributed by atoms with Crippen molar-refractivity contribution in [2.75, 3.05) is 20.1 Å². The van der Waals surface area contributed by atoms with E-state index < -0.39 is 31.9 Å². The lowest BCUT2D eigenvalue weighted by molar-refractivity contribution is 0.0990. The third kappa shape index (κ3) is 6.77. The zero-order chi connectivity index (χ0) is 33.2. The maximum atomic E-state index is 13.2. The van der Waals surface area contributed by atoms with Gasteiger partial charge in [-0.1, -0.05) is 22.4 Å². The lowest BCUT2D eigenvalue weighted by Crippen LogP contribution is -2.20. The highest BCUT2D eigenvalue weighted by atomic mass is 32.2. The van der Waals surface area contributed by atoms with Gasteiger partial charge in [-0.05, 0) is 88.4 Å². The van der Waals surface area contributed by atoms with E-state index >= 15 is 0 Å². The molecule has 0 unspecified atom stereocenters. The van der Waals surface area contributed by atoms with E-state index in [1.165, 1.54) is 60.7 Å². The molecule has 5 aromatic rings. The van der Waals surface area contributed by atoms with Crippen LogP contribution in [0, 0.1) is 27.7 Å². The molecule has 0 saturated heterocycles. The van der Waals surface area contributed by atoms with Crippen molar-refractivity contribution < 1.29 is 35.5 Å². The van der Waals surface area contributed by atoms with Crippen LogP contribution in [0.3, 0.4) is 0 Å². The highest BCUT2D eigenvalue weighted by molar-refractivity contribution is 7.93. The summed E-state index contributed by atoms with van der Waals surface area (Å²) in [5, 5.41) is 12.8. The second-order valence-corrected chi connectivity index (χ2v) is 13.5. The summed E-state index contributed by atoms with van der Waals surface area (Å²) < 4.78 is 65.8. The van der Waals surface area contributed by atoms with Crippen molar-refractivity contribution in [1.29, 1.82) is 0 Å². The Kier molecular flexibility index (Phi) is 8.67. The first kappa shape index (κ1) is 31.9. The molecule has 46 heavy (non-hydrogen) atoms. The molecule has 4 N–H and O–H groups in total. The fourth-order valence-electron chi connectivity index (χ4n) is 4.09. The Labute approximate surface area is 264 Å². The van der Waals surface area contributed by atoms with E-state index in [0.29, 0.717) is 22.5 Å². The number of benzene rings is 3. The molecule has 2 amide bonds. The highest BCUT2D eigenvalue weighted by Crippen LogP contribution is 2.25. The quantitative estimate of drug-likeness (QED) is 0.157. The minimum Gasteiger partial charge on any atom is -0.337 e. The summed E-state index contributed by atoms with van der Waals surface area (Å²) in [4.78, 5) is 26.2. The summed E-state index contributed by atoms with van der Waals surface area (Å²) in [7, 11) is -7.97. The molecule has 2 heterocycles. The van der Waals surface area contributed by atoms with Gasteiger partial charge in [0.1, 0.15) is 0 Å². The lowest BCUT2D eigenvalue weighted by Gasteiger charge is -2.12. The van der Waals surface area contributed by atoms with Crippen LogP contribution in [0.5, 0.6) is 0 Å². The van der Waals surface area contributed by atoms with Crippen molar-refractivity contribution in [3.63, 3.8) is 0 Å². The van der Waals surface area contributed by atoms with E-state index in [9.17, 15) is 26.4 Å². The molecule has 0 atom stereocenters. The van der Waals surface area contributed by atoms with Crippen LogP contribution in [0.15, 0.2) is 91.6 Å². The third-order valence-corrected chi connectivity index (χ3v) is 9.72. The number of aromatic nitrogens is 2. The molecule has 0 radical (unpaired) electrons. The normalized spacial score (nSPS) is 11.6. The SMILES string of the molecule is Cc1noc(NS(=O)(=O)c2ccc(NC(=O)c3ccccc3C(=O)Nc3ccc(S(=O)(=O)Nc4onc(C)c4C)cc3)cc2)c1C. The van der Waals surface area contributed by atoms with Gasteiger partial charge in [-0.15, -0.1) is 0 Å². The number of nitrogens with one attached hydrogen (secondary N) is 4. The number of carbonyl (C=O) groups excluding carboxylic acids is 2. The number of rotatable bonds is 10. The maximum absolute atomic E-state index is 13.2. The van der Waals surface area contributed by atoms with Crippen LogP contribution in [0.25, 0.3) is 0 Å². The van der Waals surface area contributed by atoms with Crippen LogP contribution in [0.4, 0.5) is 23.1 Å². The van der Waals surface area contributed by atoms with Crippen molar-refractivity contribution in [3.8, 4) is 0 Å². The average molecular weight is 665 g/mol. The smallest absolute Gasteiger partial charge is 0.264 e. The number of aryl methyl sites for hydroxylation is 2. The Hall–Kier alpha value is -5.48. The number of anilines is 4. The minimum absolute atomic E-state index is 0.00992. The van der Waals surface area contributed by atoms with Crippen molar-refractivity contribution in [1.82, 2.24) is 10.3 Å². The van der Waals surface area contributed by atoms with Crippen molar-refractivity contribution in [3.05, 3.63) is 106 Å². The van der Waals surface area contributed by atoms with Crippen molar-refractivity contribution in [2.45, 2.75) is 37.5 Å². The van der Waals surface area contributed by atoms with Crippen molar-refractivity contribution in [2.24, 2.45) is 0 Å². The molecule has 0 aliphatic heterocycles. The molecule has 2 aromatic heterocycles. The van der Waals surface area contributed by atoms with Gasteiger partial charge < -0.3 is 19.7 Å². The van der Waals surface area contributed by atoms with E-state index in [0.717, 1.165) is 0 Å². The van der Waals surface area contributed by atoms with Gasteiger partial charge in [0.05, 0.1) is 32.3 Å². The summed E-state index contributed by atoms with van der Waals surface area (Å²) in [6, 6.07) is 17.0. The second kappa shape index (κ2) is 12.5. The van der Waals surface area contributed by atoms with Crippen LogP contribution in [0.1, 0.15) is 43.2 Å². The molecular weight excluding hydrogens is 636 g/mol. The molecule has 0 spiro atoms. The Balaban J connectivity index is 1.25. The Morgan fingerprint density at radius 2 is 0.913 bits per heavy atom. The van der Waals surface area contributed by atoms with Gasteiger partial charge in [-0.3, -0.25) is 9.59 Å². The number of hydrogen-bond acceptors (Lipinski definition) is 10. The van der Waals surface area contributed by atoms with E-state index in [2.05, 4.69) is 30.4 Å². The monoisotopic (exact) mass is 664 g/mol. The standard InChI is InChI=1S/C30H28N6O8S2/c1-17-19(3)33-43-29(17)35-45(39,40)23-13-9-21(10-14-23)31-27(37)25-7-5-6-8-26(25)28(38)32-22-11-15-24(16-12-22)46(41,42)36-30-18(2)20(4)34-44-30/h5-16,35-36H,1-4H3,(H,31,37)(H,32,38). The Morgan fingerprint density at radius 3 is 1.22 bits per heavy atom. The van der Waals surface area contributed by atoms with Crippen LogP contribution in [-0.2, 0) is 20.0 Å². The molecule has 0 saturated carbocycles. The zero-order valence-corrected chi connectivity index (χ0v) is 26.5. The summed E-state index contributed by atoms with van der Waals surface area (Å²) in [5.74, 6) is -1.21. The second-order valence-electron chi connectivity index (χ2n) is 10.2. The minimum atomic E-state index is -3.99. The van der Waals surface area contributed by atoms with Crippen LogP contribution in [0.2, 0.25) is 0 Å². The highest BCUT2D eigenvalue weighted by Gasteiger charge is 2.22. The van der Waals surface area contributed by atoms with E-state index in [1.807, 2.05) is 0 Å². The molecule has 0 aliphatic carbocycles.